The number of furan rings is 1. The van der Waals surface area contributed by atoms with Gasteiger partial charge in [-0.1, -0.05) is 80.6 Å². The number of hydrogen-bond donors (Lipinski definition) is 0. The predicted molar refractivity (Wildman–Crippen MR) is 170 cm³/mol. The number of para-hydroxylation sites is 2. The Morgan fingerprint density at radius 1 is 0.659 bits per heavy atom. The van der Waals surface area contributed by atoms with Crippen molar-refractivity contribution in [1.82, 2.24) is 14.5 Å². The highest BCUT2D eigenvalue weighted by molar-refractivity contribution is 6.15. The van der Waals surface area contributed by atoms with E-state index in [1.807, 2.05) is 6.92 Å². The van der Waals surface area contributed by atoms with Crippen LogP contribution >= 0.6 is 0 Å². The SMILES string of the molecule is Cc1ccc2c(n1)oc1c(-c3nc4ccccc4n3-c3c(C(C)C)c4ccccc4c4ccccc34)ccc(C)c12. The van der Waals surface area contributed by atoms with Gasteiger partial charge >= 0.3 is 0 Å². The number of hydrogen-bond acceptors (Lipinski definition) is 3. The van der Waals surface area contributed by atoms with Crippen molar-refractivity contribution in [3.63, 3.8) is 0 Å². The fraction of sp³-hybridized carbons (Fsp3) is 0.135. The summed E-state index contributed by atoms with van der Waals surface area (Å²) >= 11 is 0. The number of pyridine rings is 1. The van der Waals surface area contributed by atoms with Gasteiger partial charge in [-0.05, 0) is 77.4 Å². The Balaban J connectivity index is 1.58. The molecule has 0 spiro atoms. The second kappa shape index (κ2) is 8.77. The maximum absolute atomic E-state index is 6.56. The first-order valence-corrected chi connectivity index (χ1v) is 14.2. The smallest absolute Gasteiger partial charge is 0.227 e. The van der Waals surface area contributed by atoms with Crippen molar-refractivity contribution < 1.29 is 4.42 Å². The van der Waals surface area contributed by atoms with Gasteiger partial charge in [0.05, 0.1) is 22.3 Å². The van der Waals surface area contributed by atoms with Gasteiger partial charge in [0.25, 0.3) is 0 Å². The van der Waals surface area contributed by atoms with Gasteiger partial charge in [-0.2, -0.15) is 0 Å². The van der Waals surface area contributed by atoms with Gasteiger partial charge in [0.15, 0.2) is 0 Å². The van der Waals surface area contributed by atoms with Crippen LogP contribution in [-0.2, 0) is 0 Å². The minimum Gasteiger partial charge on any atom is -0.437 e. The molecule has 0 aliphatic heterocycles. The number of aromatic nitrogens is 3. The molecule has 0 unspecified atom stereocenters. The summed E-state index contributed by atoms with van der Waals surface area (Å²) in [6, 6.07) is 34.5. The molecule has 0 N–H and O–H groups in total. The molecule has 0 atom stereocenters. The van der Waals surface area contributed by atoms with Crippen molar-refractivity contribution in [2.24, 2.45) is 0 Å². The molecule has 0 radical (unpaired) electrons. The minimum absolute atomic E-state index is 0.282. The molecule has 198 valence electrons. The van der Waals surface area contributed by atoms with Crippen LogP contribution in [0.4, 0.5) is 0 Å². The zero-order chi connectivity index (χ0) is 27.8. The summed E-state index contributed by atoms with van der Waals surface area (Å²) in [5.74, 6) is 1.15. The number of aryl methyl sites for hydroxylation is 2. The molecule has 8 aromatic rings. The van der Waals surface area contributed by atoms with Gasteiger partial charge in [-0.25, -0.2) is 9.97 Å². The van der Waals surface area contributed by atoms with Crippen molar-refractivity contribution in [3.8, 4) is 17.1 Å². The van der Waals surface area contributed by atoms with Gasteiger partial charge < -0.3 is 4.42 Å². The van der Waals surface area contributed by atoms with Crippen LogP contribution in [0.25, 0.3) is 71.7 Å². The van der Waals surface area contributed by atoms with Crippen molar-refractivity contribution in [2.45, 2.75) is 33.6 Å². The topological polar surface area (TPSA) is 43.9 Å². The first kappa shape index (κ1) is 23.9. The summed E-state index contributed by atoms with van der Waals surface area (Å²) in [5.41, 5.74) is 9.07. The molecular weight excluding hydrogens is 502 g/mol. The van der Waals surface area contributed by atoms with Crippen molar-refractivity contribution >= 4 is 54.6 Å². The molecule has 5 aromatic carbocycles. The Morgan fingerprint density at radius 3 is 2.12 bits per heavy atom. The molecule has 8 rings (SSSR count). The fourth-order valence-electron chi connectivity index (χ4n) is 6.60. The van der Waals surface area contributed by atoms with Crippen LogP contribution in [0, 0.1) is 13.8 Å². The van der Waals surface area contributed by atoms with E-state index in [1.54, 1.807) is 0 Å². The second-order valence-corrected chi connectivity index (χ2v) is 11.3. The van der Waals surface area contributed by atoms with Gasteiger partial charge in [0, 0.05) is 21.9 Å². The van der Waals surface area contributed by atoms with E-state index in [1.165, 1.54) is 32.8 Å². The van der Waals surface area contributed by atoms with E-state index in [4.69, 9.17) is 14.4 Å². The molecule has 41 heavy (non-hydrogen) atoms. The van der Waals surface area contributed by atoms with Gasteiger partial charge in [0.1, 0.15) is 11.4 Å². The molecular formula is C37H29N3O. The lowest BCUT2D eigenvalue weighted by Crippen LogP contribution is -2.06. The first-order valence-electron chi connectivity index (χ1n) is 14.2. The maximum Gasteiger partial charge on any atom is 0.227 e. The predicted octanol–water partition coefficient (Wildman–Crippen LogP) is 10.0. The highest BCUT2D eigenvalue weighted by Gasteiger charge is 2.25. The zero-order valence-corrected chi connectivity index (χ0v) is 23.6. The zero-order valence-electron chi connectivity index (χ0n) is 23.6. The molecule has 4 nitrogen and oxygen atoms in total. The van der Waals surface area contributed by atoms with E-state index < -0.39 is 0 Å². The number of benzene rings is 5. The molecule has 0 bridgehead atoms. The van der Waals surface area contributed by atoms with E-state index in [9.17, 15) is 0 Å². The third-order valence-electron chi connectivity index (χ3n) is 8.38. The molecule has 0 aliphatic carbocycles. The van der Waals surface area contributed by atoms with Crippen LogP contribution in [0.3, 0.4) is 0 Å². The summed E-state index contributed by atoms with van der Waals surface area (Å²) in [5, 5.41) is 7.13. The lowest BCUT2D eigenvalue weighted by Gasteiger charge is -2.22. The van der Waals surface area contributed by atoms with Crippen LogP contribution in [0.1, 0.15) is 36.6 Å². The van der Waals surface area contributed by atoms with Crippen LogP contribution in [-0.4, -0.2) is 14.5 Å². The van der Waals surface area contributed by atoms with E-state index >= 15 is 0 Å². The Morgan fingerprint density at radius 2 is 1.34 bits per heavy atom. The fourth-order valence-corrected chi connectivity index (χ4v) is 6.60. The molecule has 0 fully saturated rings. The Labute approximate surface area is 237 Å². The third-order valence-corrected chi connectivity index (χ3v) is 8.38. The Bertz CT molecular complexity index is 2320. The summed E-state index contributed by atoms with van der Waals surface area (Å²) in [4.78, 5) is 10.0. The van der Waals surface area contributed by atoms with E-state index in [0.29, 0.717) is 5.71 Å². The molecule has 3 aromatic heterocycles. The average Bonchev–Trinajstić information content (AvgIpc) is 3.55. The van der Waals surface area contributed by atoms with Gasteiger partial charge in [0.2, 0.25) is 5.71 Å². The van der Waals surface area contributed by atoms with Gasteiger partial charge in [-0.3, -0.25) is 4.57 Å². The average molecular weight is 532 g/mol. The first-order chi connectivity index (χ1) is 20.0. The number of imidazole rings is 1. The lowest BCUT2D eigenvalue weighted by molar-refractivity contribution is 0.653. The maximum atomic E-state index is 6.56. The molecule has 3 heterocycles. The number of rotatable bonds is 3. The summed E-state index contributed by atoms with van der Waals surface area (Å²) in [6.07, 6.45) is 0. The summed E-state index contributed by atoms with van der Waals surface area (Å²) < 4.78 is 8.93. The normalized spacial score (nSPS) is 12.1. The van der Waals surface area contributed by atoms with E-state index in [2.05, 4.69) is 122 Å². The molecule has 0 saturated heterocycles. The molecule has 0 saturated carbocycles. The van der Waals surface area contributed by atoms with Crippen molar-refractivity contribution in [1.29, 1.82) is 0 Å². The number of nitrogens with zero attached hydrogens (tertiary/aromatic N) is 3. The summed E-state index contributed by atoms with van der Waals surface area (Å²) in [6.45, 7) is 8.71. The van der Waals surface area contributed by atoms with Crippen LogP contribution in [0.15, 0.2) is 101 Å². The molecule has 0 amide bonds. The van der Waals surface area contributed by atoms with Gasteiger partial charge in [-0.15, -0.1) is 0 Å². The van der Waals surface area contributed by atoms with E-state index in [0.717, 1.165) is 50.0 Å². The monoisotopic (exact) mass is 531 g/mol. The highest BCUT2D eigenvalue weighted by atomic mass is 16.3. The molecule has 0 aliphatic rings. The summed E-state index contributed by atoms with van der Waals surface area (Å²) in [7, 11) is 0. The highest BCUT2D eigenvalue weighted by Crippen LogP contribution is 2.44. The quantitative estimate of drug-likeness (QED) is 0.213. The lowest BCUT2D eigenvalue weighted by atomic mass is 9.89. The Kier molecular flexibility index (Phi) is 5.11. The number of fused-ring (bicyclic) bond motifs is 7. The standard InChI is InChI=1S/C37H29N3O/c1-21(2)32-26-13-7-5-11-24(26)25-12-6-8-14-27(25)34(32)40-31-16-10-9-15-30(31)39-36(40)29-19-17-22(3)33-28-20-18-23(4)38-37(28)41-35(29)33/h5-21H,1-4H3. The third kappa shape index (κ3) is 3.40. The van der Waals surface area contributed by atoms with Crippen LogP contribution in [0.2, 0.25) is 0 Å². The largest absolute Gasteiger partial charge is 0.437 e. The minimum atomic E-state index is 0.282. The Hall–Kier alpha value is -4.96. The van der Waals surface area contributed by atoms with E-state index in [-0.39, 0.29) is 5.92 Å². The molecule has 4 heteroatoms. The van der Waals surface area contributed by atoms with Crippen LogP contribution in [0.5, 0.6) is 0 Å². The van der Waals surface area contributed by atoms with Crippen LogP contribution < -0.4 is 0 Å². The van der Waals surface area contributed by atoms with Crippen molar-refractivity contribution in [3.05, 3.63) is 114 Å². The van der Waals surface area contributed by atoms with Crippen molar-refractivity contribution in [2.75, 3.05) is 0 Å². The second-order valence-electron chi connectivity index (χ2n) is 11.3.